The van der Waals surface area contributed by atoms with E-state index in [1.807, 2.05) is 24.3 Å². The van der Waals surface area contributed by atoms with Crippen LogP contribution in [-0.4, -0.2) is 30.0 Å². The number of hydrogen-bond donors (Lipinski definition) is 2. The van der Waals surface area contributed by atoms with Gasteiger partial charge >= 0.3 is 0 Å². The highest BCUT2D eigenvalue weighted by atomic mass is 16.7. The van der Waals surface area contributed by atoms with Crippen molar-refractivity contribution in [3.8, 4) is 11.5 Å². The maximum absolute atomic E-state index is 5.83. The number of fused-ring (bicyclic) bond motifs is 1. The molecule has 7 nitrogen and oxygen atoms in total. The summed E-state index contributed by atoms with van der Waals surface area (Å²) in [5, 5.41) is 3.29. The number of rotatable bonds is 4. The Hall–Kier alpha value is -2.54. The van der Waals surface area contributed by atoms with Gasteiger partial charge in [-0.15, -0.1) is 0 Å². The Morgan fingerprint density at radius 3 is 2.96 bits per heavy atom. The molecule has 4 rings (SSSR count). The summed E-state index contributed by atoms with van der Waals surface area (Å²) < 4.78 is 16.1. The summed E-state index contributed by atoms with van der Waals surface area (Å²) in [6.45, 7) is 2.36. The van der Waals surface area contributed by atoms with E-state index >= 15 is 0 Å². The molecule has 2 aliphatic heterocycles. The molecular formula is C16H18N4O3. The zero-order valence-electron chi connectivity index (χ0n) is 12.6. The van der Waals surface area contributed by atoms with E-state index in [9.17, 15) is 0 Å². The lowest BCUT2D eigenvalue weighted by Crippen LogP contribution is -2.09. The first-order valence-corrected chi connectivity index (χ1v) is 7.62. The molecule has 0 spiro atoms. The van der Waals surface area contributed by atoms with Crippen molar-refractivity contribution in [3.63, 3.8) is 0 Å². The van der Waals surface area contributed by atoms with Crippen molar-refractivity contribution in [2.75, 3.05) is 31.1 Å². The second kappa shape index (κ2) is 5.92. The molecule has 0 radical (unpaired) electrons. The van der Waals surface area contributed by atoms with Crippen LogP contribution in [0.1, 0.15) is 23.6 Å². The van der Waals surface area contributed by atoms with Crippen molar-refractivity contribution in [2.45, 2.75) is 18.9 Å². The van der Waals surface area contributed by atoms with Crippen LogP contribution in [0.2, 0.25) is 0 Å². The molecule has 0 unspecified atom stereocenters. The van der Waals surface area contributed by atoms with Gasteiger partial charge in [-0.05, 0) is 24.1 Å². The van der Waals surface area contributed by atoms with Crippen LogP contribution in [0.3, 0.4) is 0 Å². The van der Waals surface area contributed by atoms with E-state index in [0.29, 0.717) is 19.1 Å². The van der Waals surface area contributed by atoms with E-state index in [4.69, 9.17) is 19.9 Å². The number of nitrogens with one attached hydrogen (secondary N) is 1. The van der Waals surface area contributed by atoms with Crippen molar-refractivity contribution < 1.29 is 14.2 Å². The number of aromatic nitrogens is 2. The topological polar surface area (TPSA) is 91.5 Å². The Morgan fingerprint density at radius 2 is 2.09 bits per heavy atom. The minimum Gasteiger partial charge on any atom is -0.454 e. The van der Waals surface area contributed by atoms with Gasteiger partial charge in [-0.25, -0.2) is 4.98 Å². The number of nitrogen functional groups attached to an aromatic ring is 1. The van der Waals surface area contributed by atoms with Crippen LogP contribution in [0.15, 0.2) is 24.3 Å². The average molecular weight is 314 g/mol. The zero-order valence-corrected chi connectivity index (χ0v) is 12.6. The Morgan fingerprint density at radius 1 is 1.17 bits per heavy atom. The van der Waals surface area contributed by atoms with Crippen LogP contribution in [-0.2, 0) is 11.3 Å². The van der Waals surface area contributed by atoms with Gasteiger partial charge in [0.15, 0.2) is 11.5 Å². The molecule has 3 N–H and O–H groups in total. The normalized spacial score (nSPS) is 19.0. The fourth-order valence-electron chi connectivity index (χ4n) is 2.80. The molecule has 23 heavy (non-hydrogen) atoms. The Balaban J connectivity index is 1.48. The highest BCUT2D eigenvalue weighted by Gasteiger charge is 2.20. The molecule has 2 aromatic rings. The summed E-state index contributed by atoms with van der Waals surface area (Å²) in [5.41, 5.74) is 7.84. The van der Waals surface area contributed by atoms with Crippen molar-refractivity contribution in [3.05, 3.63) is 35.5 Å². The molecule has 1 saturated heterocycles. The third-order valence-electron chi connectivity index (χ3n) is 4.02. The van der Waals surface area contributed by atoms with Gasteiger partial charge in [0, 0.05) is 25.1 Å². The molecule has 0 aliphatic carbocycles. The molecule has 1 aromatic heterocycles. The summed E-state index contributed by atoms with van der Waals surface area (Å²) in [7, 11) is 0. The number of hydrogen-bond acceptors (Lipinski definition) is 7. The number of anilines is 2. The van der Waals surface area contributed by atoms with E-state index in [1.54, 1.807) is 0 Å². The molecule has 0 amide bonds. The first kappa shape index (κ1) is 14.1. The van der Waals surface area contributed by atoms with Gasteiger partial charge in [-0.2, -0.15) is 4.98 Å². The molecule has 1 fully saturated rings. The molecule has 0 bridgehead atoms. The minimum atomic E-state index is 0.279. The van der Waals surface area contributed by atoms with Crippen molar-refractivity contribution in [1.82, 2.24) is 9.97 Å². The van der Waals surface area contributed by atoms with Crippen LogP contribution in [0.5, 0.6) is 11.5 Å². The summed E-state index contributed by atoms with van der Waals surface area (Å²) in [6.07, 6.45) is 0.970. The lowest BCUT2D eigenvalue weighted by molar-refractivity contribution is 0.174. The average Bonchev–Trinajstić information content (AvgIpc) is 3.23. The smallest absolute Gasteiger partial charge is 0.231 e. The number of nitrogens with two attached hydrogens (primary N) is 1. The largest absolute Gasteiger partial charge is 0.454 e. The van der Waals surface area contributed by atoms with Gasteiger partial charge in [-0.1, -0.05) is 6.07 Å². The van der Waals surface area contributed by atoms with E-state index in [0.717, 1.165) is 41.6 Å². The van der Waals surface area contributed by atoms with Gasteiger partial charge in [0.1, 0.15) is 5.82 Å². The second-order valence-electron chi connectivity index (χ2n) is 5.64. The molecule has 7 heteroatoms. The Labute approximate surface area is 133 Å². The highest BCUT2D eigenvalue weighted by molar-refractivity contribution is 5.47. The van der Waals surface area contributed by atoms with Crippen molar-refractivity contribution in [1.29, 1.82) is 0 Å². The Kier molecular flexibility index (Phi) is 3.63. The van der Waals surface area contributed by atoms with E-state index < -0.39 is 0 Å². The zero-order chi connectivity index (χ0) is 15.6. The quantitative estimate of drug-likeness (QED) is 0.890. The second-order valence-corrected chi connectivity index (χ2v) is 5.64. The van der Waals surface area contributed by atoms with E-state index in [1.165, 1.54) is 0 Å². The maximum Gasteiger partial charge on any atom is 0.231 e. The van der Waals surface area contributed by atoms with E-state index in [-0.39, 0.29) is 12.7 Å². The monoisotopic (exact) mass is 314 g/mol. The molecule has 2 aliphatic rings. The molecule has 1 aromatic carbocycles. The van der Waals surface area contributed by atoms with Crippen LogP contribution in [0, 0.1) is 0 Å². The third-order valence-corrected chi connectivity index (χ3v) is 4.02. The van der Waals surface area contributed by atoms with Crippen LogP contribution in [0.4, 0.5) is 11.8 Å². The van der Waals surface area contributed by atoms with Gasteiger partial charge in [0.2, 0.25) is 12.7 Å². The van der Waals surface area contributed by atoms with Gasteiger partial charge in [-0.3, -0.25) is 0 Å². The summed E-state index contributed by atoms with van der Waals surface area (Å²) in [5.74, 6) is 2.85. The molecule has 1 atom stereocenters. The van der Waals surface area contributed by atoms with E-state index in [2.05, 4.69) is 15.3 Å². The standard InChI is InChI=1S/C16H18N4O3/c17-16-19-12(11-3-4-21-8-11)6-15(20-16)18-7-10-1-2-13-14(5-10)23-9-22-13/h1-2,5-6,11H,3-4,7-9H2,(H3,17,18,19,20)/t11-/m0/s1. The van der Waals surface area contributed by atoms with Gasteiger partial charge < -0.3 is 25.3 Å². The van der Waals surface area contributed by atoms with Gasteiger partial charge in [0.05, 0.1) is 12.3 Å². The summed E-state index contributed by atoms with van der Waals surface area (Å²) in [6, 6.07) is 7.82. The number of nitrogens with zero attached hydrogens (tertiary/aromatic N) is 2. The number of ether oxygens (including phenoxy) is 3. The summed E-state index contributed by atoms with van der Waals surface area (Å²) in [4.78, 5) is 8.58. The fourth-order valence-corrected chi connectivity index (χ4v) is 2.80. The minimum absolute atomic E-state index is 0.279. The van der Waals surface area contributed by atoms with Crippen LogP contribution in [0.25, 0.3) is 0 Å². The summed E-state index contributed by atoms with van der Waals surface area (Å²) >= 11 is 0. The van der Waals surface area contributed by atoms with Crippen molar-refractivity contribution in [2.24, 2.45) is 0 Å². The first-order valence-electron chi connectivity index (χ1n) is 7.62. The number of benzene rings is 1. The molecule has 120 valence electrons. The van der Waals surface area contributed by atoms with Gasteiger partial charge in [0.25, 0.3) is 0 Å². The predicted octanol–water partition coefficient (Wildman–Crippen LogP) is 1.90. The fraction of sp³-hybridized carbons (Fsp3) is 0.375. The first-order chi connectivity index (χ1) is 11.3. The lowest BCUT2D eigenvalue weighted by Gasteiger charge is -2.11. The predicted molar refractivity (Wildman–Crippen MR) is 84.5 cm³/mol. The highest BCUT2D eigenvalue weighted by Crippen LogP contribution is 2.32. The molecule has 3 heterocycles. The Bertz CT molecular complexity index is 716. The maximum atomic E-state index is 5.83. The van der Waals surface area contributed by atoms with Crippen LogP contribution < -0.4 is 20.5 Å². The van der Waals surface area contributed by atoms with Crippen molar-refractivity contribution >= 4 is 11.8 Å². The SMILES string of the molecule is Nc1nc(NCc2ccc3c(c2)OCO3)cc([C@H]2CCOC2)n1. The van der Waals surface area contributed by atoms with Crippen LogP contribution >= 0.6 is 0 Å². The lowest BCUT2D eigenvalue weighted by atomic mass is 10.0. The molecular weight excluding hydrogens is 296 g/mol. The molecule has 0 saturated carbocycles. The third kappa shape index (κ3) is 3.00.